The summed E-state index contributed by atoms with van der Waals surface area (Å²) in [6, 6.07) is 21.1. The van der Waals surface area contributed by atoms with Gasteiger partial charge in [-0.05, 0) is 47.5 Å². The smallest absolute Gasteiger partial charge is 0.269 e. The molecule has 0 aliphatic heterocycles. The molecule has 0 radical (unpaired) electrons. The van der Waals surface area contributed by atoms with Gasteiger partial charge in [0.05, 0.1) is 10.7 Å². The number of oxazole rings is 1. The van der Waals surface area contributed by atoms with Gasteiger partial charge < -0.3 is 9.73 Å². The number of hydrogen-bond acceptors (Lipinski definition) is 6. The van der Waals surface area contributed by atoms with Crippen LogP contribution in [0.15, 0.2) is 82.4 Å². The lowest BCUT2D eigenvalue weighted by atomic mass is 10.1. The van der Waals surface area contributed by atoms with Crippen molar-refractivity contribution < 1.29 is 14.1 Å². The van der Waals surface area contributed by atoms with E-state index in [1.165, 1.54) is 23.9 Å². The Balaban J connectivity index is 1.35. The summed E-state index contributed by atoms with van der Waals surface area (Å²) in [6.45, 7) is 0. The average Bonchev–Trinajstić information content (AvgIpc) is 3.16. The minimum Gasteiger partial charge on any atom is -0.431 e. The molecule has 0 atom stereocenters. The zero-order valence-corrected chi connectivity index (χ0v) is 15.9. The van der Waals surface area contributed by atoms with E-state index in [0.717, 1.165) is 16.6 Å². The predicted octanol–water partition coefficient (Wildman–Crippen LogP) is 5.13. The summed E-state index contributed by atoms with van der Waals surface area (Å²) in [5.74, 6) is 0.0112. The third kappa shape index (κ3) is 4.44. The fraction of sp³-hybridized carbons (Fsp3) is 0.0476. The topological polar surface area (TPSA) is 98.3 Å². The van der Waals surface area contributed by atoms with Crippen LogP contribution in [0.1, 0.15) is 0 Å². The molecule has 1 heterocycles. The van der Waals surface area contributed by atoms with Crippen molar-refractivity contribution in [1.29, 1.82) is 0 Å². The summed E-state index contributed by atoms with van der Waals surface area (Å²) in [5.41, 5.74) is 3.93. The minimum atomic E-state index is -0.429. The van der Waals surface area contributed by atoms with Crippen LogP contribution in [0, 0.1) is 10.1 Å². The van der Waals surface area contributed by atoms with E-state index in [4.69, 9.17) is 4.42 Å². The Bertz CT molecular complexity index is 1140. The highest BCUT2D eigenvalue weighted by Gasteiger charge is 2.10. The molecule has 4 rings (SSSR count). The number of nitrogens with zero attached hydrogens (tertiary/aromatic N) is 2. The zero-order chi connectivity index (χ0) is 20.2. The Kier molecular flexibility index (Phi) is 5.26. The van der Waals surface area contributed by atoms with Crippen LogP contribution < -0.4 is 5.32 Å². The number of nitrogens with one attached hydrogen (secondary N) is 1. The van der Waals surface area contributed by atoms with Crippen molar-refractivity contribution >= 4 is 40.1 Å². The highest BCUT2D eigenvalue weighted by atomic mass is 32.2. The predicted molar refractivity (Wildman–Crippen MR) is 112 cm³/mol. The number of fused-ring (bicyclic) bond motifs is 1. The number of para-hydroxylation sites is 2. The second kappa shape index (κ2) is 8.15. The number of carbonyl (C=O) groups excluding carboxylic acids is 1. The lowest BCUT2D eigenvalue weighted by Crippen LogP contribution is -2.13. The Morgan fingerprint density at radius 3 is 2.31 bits per heavy atom. The number of thioether (sulfide) groups is 1. The number of amides is 1. The van der Waals surface area contributed by atoms with E-state index in [-0.39, 0.29) is 17.3 Å². The summed E-state index contributed by atoms with van der Waals surface area (Å²) >= 11 is 1.23. The van der Waals surface area contributed by atoms with Gasteiger partial charge in [0.1, 0.15) is 5.52 Å². The van der Waals surface area contributed by atoms with E-state index in [0.29, 0.717) is 16.5 Å². The van der Waals surface area contributed by atoms with Crippen LogP contribution in [0.4, 0.5) is 11.4 Å². The monoisotopic (exact) mass is 405 g/mol. The number of carbonyl (C=O) groups is 1. The van der Waals surface area contributed by atoms with E-state index >= 15 is 0 Å². The van der Waals surface area contributed by atoms with Gasteiger partial charge in [-0.1, -0.05) is 36.0 Å². The third-order valence-electron chi connectivity index (χ3n) is 4.18. The van der Waals surface area contributed by atoms with Crippen molar-refractivity contribution in [3.8, 4) is 11.1 Å². The van der Waals surface area contributed by atoms with Crippen LogP contribution >= 0.6 is 11.8 Å². The highest BCUT2D eigenvalue weighted by molar-refractivity contribution is 7.99. The van der Waals surface area contributed by atoms with Crippen molar-refractivity contribution in [2.24, 2.45) is 0 Å². The first-order valence-corrected chi connectivity index (χ1v) is 9.70. The second-order valence-electron chi connectivity index (χ2n) is 6.17. The molecule has 144 valence electrons. The SMILES string of the molecule is O=C(CSc1nc2ccccc2o1)Nc1ccc(-c2ccc([N+](=O)[O-])cc2)cc1. The summed E-state index contributed by atoms with van der Waals surface area (Å²) in [6.07, 6.45) is 0. The van der Waals surface area contributed by atoms with E-state index in [2.05, 4.69) is 10.3 Å². The molecule has 4 aromatic rings. The highest BCUT2D eigenvalue weighted by Crippen LogP contribution is 2.25. The molecule has 3 aromatic carbocycles. The number of aromatic nitrogens is 1. The largest absolute Gasteiger partial charge is 0.431 e. The number of hydrogen-bond donors (Lipinski definition) is 1. The Morgan fingerprint density at radius 2 is 1.66 bits per heavy atom. The molecule has 1 aromatic heterocycles. The number of nitro benzene ring substituents is 1. The van der Waals surface area contributed by atoms with E-state index in [1.807, 2.05) is 36.4 Å². The molecule has 1 N–H and O–H groups in total. The Morgan fingerprint density at radius 1 is 1.00 bits per heavy atom. The number of non-ortho nitro benzene ring substituents is 1. The molecule has 0 saturated carbocycles. The maximum absolute atomic E-state index is 12.2. The molecule has 8 heteroatoms. The third-order valence-corrected chi connectivity index (χ3v) is 5.01. The average molecular weight is 405 g/mol. The fourth-order valence-corrected chi connectivity index (χ4v) is 3.40. The van der Waals surface area contributed by atoms with E-state index < -0.39 is 4.92 Å². The van der Waals surface area contributed by atoms with E-state index in [9.17, 15) is 14.9 Å². The maximum Gasteiger partial charge on any atom is 0.269 e. The van der Waals surface area contributed by atoms with Gasteiger partial charge in [-0.2, -0.15) is 0 Å². The molecule has 0 unspecified atom stereocenters. The molecule has 0 fully saturated rings. The maximum atomic E-state index is 12.2. The van der Waals surface area contributed by atoms with Gasteiger partial charge >= 0.3 is 0 Å². The normalized spacial score (nSPS) is 10.8. The molecule has 0 saturated heterocycles. The van der Waals surface area contributed by atoms with Crippen LogP contribution in [0.2, 0.25) is 0 Å². The van der Waals surface area contributed by atoms with Crippen molar-refractivity contribution in [3.63, 3.8) is 0 Å². The lowest BCUT2D eigenvalue weighted by molar-refractivity contribution is -0.384. The van der Waals surface area contributed by atoms with Crippen LogP contribution in [0.25, 0.3) is 22.2 Å². The first-order chi connectivity index (χ1) is 14.1. The minimum absolute atomic E-state index is 0.0501. The standard InChI is InChI=1S/C21H15N3O4S/c25-20(13-29-21-23-18-3-1-2-4-19(18)28-21)22-16-9-5-14(6-10-16)15-7-11-17(12-8-15)24(26)27/h1-12H,13H2,(H,22,25). The van der Waals surface area contributed by atoms with Gasteiger partial charge in [-0.3, -0.25) is 14.9 Å². The quantitative estimate of drug-likeness (QED) is 0.271. The Hall–Kier alpha value is -3.65. The first-order valence-electron chi connectivity index (χ1n) is 8.71. The molecule has 0 aliphatic carbocycles. The van der Waals surface area contributed by atoms with Gasteiger partial charge in [-0.25, -0.2) is 4.98 Å². The van der Waals surface area contributed by atoms with Crippen molar-refractivity contribution in [1.82, 2.24) is 4.98 Å². The van der Waals surface area contributed by atoms with Gasteiger partial charge in [0, 0.05) is 17.8 Å². The second-order valence-corrected chi connectivity index (χ2v) is 7.09. The molecular formula is C21H15N3O4S. The summed E-state index contributed by atoms with van der Waals surface area (Å²) in [5, 5.41) is 14.0. The number of anilines is 1. The Labute approximate surface area is 169 Å². The number of benzene rings is 3. The van der Waals surface area contributed by atoms with Crippen LogP contribution in [-0.4, -0.2) is 21.6 Å². The first kappa shape index (κ1) is 18.7. The molecule has 0 aliphatic rings. The van der Waals surface area contributed by atoms with Gasteiger partial charge in [0.2, 0.25) is 5.91 Å². The van der Waals surface area contributed by atoms with Crippen LogP contribution in [0.3, 0.4) is 0 Å². The summed E-state index contributed by atoms with van der Waals surface area (Å²) in [4.78, 5) is 26.8. The zero-order valence-electron chi connectivity index (χ0n) is 15.1. The summed E-state index contributed by atoms with van der Waals surface area (Å²) < 4.78 is 5.59. The lowest BCUT2D eigenvalue weighted by Gasteiger charge is -2.06. The molecule has 7 nitrogen and oxygen atoms in total. The van der Waals surface area contributed by atoms with Crippen molar-refractivity contribution in [2.75, 3.05) is 11.1 Å². The molecule has 1 amide bonds. The van der Waals surface area contributed by atoms with Crippen molar-refractivity contribution in [3.05, 3.63) is 82.9 Å². The van der Waals surface area contributed by atoms with Crippen molar-refractivity contribution in [2.45, 2.75) is 5.22 Å². The van der Waals surface area contributed by atoms with Crippen LogP contribution in [-0.2, 0) is 4.79 Å². The molecule has 29 heavy (non-hydrogen) atoms. The van der Waals surface area contributed by atoms with Gasteiger partial charge in [0.15, 0.2) is 5.58 Å². The van der Waals surface area contributed by atoms with Gasteiger partial charge in [0.25, 0.3) is 10.9 Å². The number of rotatable bonds is 6. The van der Waals surface area contributed by atoms with Crippen LogP contribution in [0.5, 0.6) is 0 Å². The molecular weight excluding hydrogens is 390 g/mol. The van der Waals surface area contributed by atoms with Gasteiger partial charge in [-0.15, -0.1) is 0 Å². The fourth-order valence-electron chi connectivity index (χ4n) is 2.76. The molecule has 0 spiro atoms. The summed E-state index contributed by atoms with van der Waals surface area (Å²) in [7, 11) is 0. The van der Waals surface area contributed by atoms with E-state index in [1.54, 1.807) is 24.3 Å². The number of nitro groups is 1. The molecule has 0 bridgehead atoms.